The van der Waals surface area contributed by atoms with Gasteiger partial charge in [0.05, 0.1) is 5.75 Å². The zero-order valence-corrected chi connectivity index (χ0v) is 6.13. The van der Waals surface area contributed by atoms with Crippen LogP contribution in [-0.2, 0) is 0 Å². The summed E-state index contributed by atoms with van der Waals surface area (Å²) in [4.78, 5) is 0. The van der Waals surface area contributed by atoms with Crippen LogP contribution in [0.2, 0.25) is 0 Å². The Balaban J connectivity index is 2.41. The van der Waals surface area contributed by atoms with Crippen LogP contribution in [0.3, 0.4) is 0 Å². The topological polar surface area (TPSA) is 25.8 Å². The highest BCUT2D eigenvalue weighted by atomic mass is 32.2. The third-order valence-corrected chi connectivity index (χ3v) is 2.26. The summed E-state index contributed by atoms with van der Waals surface area (Å²) in [5.74, 6) is 3.15. The van der Waals surface area contributed by atoms with Gasteiger partial charge in [-0.1, -0.05) is 29.0 Å². The fourth-order valence-electron chi connectivity index (χ4n) is 0.303. The Kier molecular flexibility index (Phi) is 2.55. The maximum atomic E-state index is 5.02. The first-order valence-corrected chi connectivity index (χ1v) is 3.99. The molecule has 0 amide bonds. The summed E-state index contributed by atoms with van der Waals surface area (Å²) in [6.45, 7) is 0. The maximum absolute atomic E-state index is 5.02. The SMILES string of the molecule is C#CCSc1nn[c]s1. The van der Waals surface area contributed by atoms with Crippen molar-refractivity contribution in [1.29, 1.82) is 0 Å². The van der Waals surface area contributed by atoms with Gasteiger partial charge in [0.2, 0.25) is 0 Å². The number of rotatable bonds is 2. The van der Waals surface area contributed by atoms with Crippen LogP contribution in [0.5, 0.6) is 0 Å². The van der Waals surface area contributed by atoms with Gasteiger partial charge in [-0.25, -0.2) is 0 Å². The molecule has 1 aromatic rings. The molecule has 0 aliphatic carbocycles. The molecule has 0 fully saturated rings. The Morgan fingerprint density at radius 3 is 3.33 bits per heavy atom. The van der Waals surface area contributed by atoms with Crippen molar-refractivity contribution in [2.45, 2.75) is 4.34 Å². The zero-order chi connectivity index (χ0) is 6.53. The van der Waals surface area contributed by atoms with Gasteiger partial charge >= 0.3 is 0 Å². The van der Waals surface area contributed by atoms with E-state index in [0.717, 1.165) is 4.34 Å². The van der Waals surface area contributed by atoms with Gasteiger partial charge in [0.15, 0.2) is 9.85 Å². The normalized spacial score (nSPS) is 8.78. The van der Waals surface area contributed by atoms with E-state index in [9.17, 15) is 0 Å². The van der Waals surface area contributed by atoms with Gasteiger partial charge in [-0.3, -0.25) is 0 Å². The van der Waals surface area contributed by atoms with E-state index in [0.29, 0.717) is 5.75 Å². The first kappa shape index (κ1) is 6.59. The minimum Gasteiger partial charge on any atom is -0.135 e. The van der Waals surface area contributed by atoms with Crippen molar-refractivity contribution in [3.63, 3.8) is 0 Å². The molecule has 45 valence electrons. The summed E-state index contributed by atoms with van der Waals surface area (Å²) in [7, 11) is 0. The van der Waals surface area contributed by atoms with Gasteiger partial charge in [0.25, 0.3) is 0 Å². The summed E-state index contributed by atoms with van der Waals surface area (Å²) in [6, 6.07) is 0. The van der Waals surface area contributed by atoms with Crippen molar-refractivity contribution in [2.75, 3.05) is 5.75 Å². The predicted molar refractivity (Wildman–Crippen MR) is 38.3 cm³/mol. The van der Waals surface area contributed by atoms with Gasteiger partial charge in [0.1, 0.15) is 0 Å². The molecule has 0 bridgehead atoms. The van der Waals surface area contributed by atoms with E-state index in [1.54, 1.807) is 0 Å². The van der Waals surface area contributed by atoms with Crippen LogP contribution in [0, 0.1) is 17.9 Å². The molecule has 0 N–H and O–H groups in total. The molecule has 4 heteroatoms. The number of nitrogens with zero attached hydrogens (tertiary/aromatic N) is 2. The Morgan fingerprint density at radius 1 is 1.89 bits per heavy atom. The second kappa shape index (κ2) is 3.49. The molecule has 0 atom stereocenters. The number of aromatic nitrogens is 2. The lowest BCUT2D eigenvalue weighted by molar-refractivity contribution is 1.01. The van der Waals surface area contributed by atoms with E-state index < -0.39 is 0 Å². The molecule has 0 aliphatic rings. The molecule has 1 rings (SSSR count). The molecule has 0 saturated heterocycles. The summed E-state index contributed by atoms with van der Waals surface area (Å²) in [5.41, 5.74) is 2.63. The molecular formula is C5H3N2S2. The predicted octanol–water partition coefficient (Wildman–Crippen LogP) is 1.06. The maximum Gasteiger partial charge on any atom is 0.179 e. The van der Waals surface area contributed by atoms with Crippen LogP contribution in [0.4, 0.5) is 0 Å². The van der Waals surface area contributed by atoms with E-state index >= 15 is 0 Å². The Bertz CT molecular complexity index is 199. The second-order valence-electron chi connectivity index (χ2n) is 1.15. The Morgan fingerprint density at radius 2 is 2.78 bits per heavy atom. The van der Waals surface area contributed by atoms with Crippen LogP contribution < -0.4 is 0 Å². The standard InChI is InChI=1S/C5H3N2S2/c1-2-3-8-5-7-6-4-9-5/h1H,3H2. The van der Waals surface area contributed by atoms with Crippen molar-refractivity contribution in [2.24, 2.45) is 0 Å². The number of hydrogen-bond donors (Lipinski definition) is 0. The largest absolute Gasteiger partial charge is 0.179 e. The van der Waals surface area contributed by atoms with Gasteiger partial charge in [-0.05, 0) is 0 Å². The molecule has 1 heterocycles. The van der Waals surface area contributed by atoms with Crippen molar-refractivity contribution in [1.82, 2.24) is 10.2 Å². The van der Waals surface area contributed by atoms with Crippen molar-refractivity contribution in [3.8, 4) is 12.3 Å². The van der Waals surface area contributed by atoms with Gasteiger partial charge in [0, 0.05) is 0 Å². The number of thioether (sulfide) groups is 1. The summed E-state index contributed by atoms with van der Waals surface area (Å²) >= 11 is 2.89. The first-order chi connectivity index (χ1) is 4.43. The monoisotopic (exact) mass is 155 g/mol. The molecule has 0 saturated carbocycles. The van der Waals surface area contributed by atoms with E-state index in [4.69, 9.17) is 6.42 Å². The minimum absolute atomic E-state index is 0.656. The molecule has 0 aromatic carbocycles. The lowest BCUT2D eigenvalue weighted by Gasteiger charge is -1.82. The second-order valence-corrected chi connectivity index (χ2v) is 3.15. The lowest BCUT2D eigenvalue weighted by atomic mass is 10.8. The van der Waals surface area contributed by atoms with Gasteiger partial charge < -0.3 is 0 Å². The van der Waals surface area contributed by atoms with E-state index in [-0.39, 0.29) is 0 Å². The molecule has 0 aliphatic heterocycles. The molecule has 9 heavy (non-hydrogen) atoms. The van der Waals surface area contributed by atoms with Crippen molar-refractivity contribution in [3.05, 3.63) is 5.51 Å². The third kappa shape index (κ3) is 2.04. The number of hydrogen-bond acceptors (Lipinski definition) is 4. The van der Waals surface area contributed by atoms with Crippen LogP contribution in [-0.4, -0.2) is 16.0 Å². The summed E-state index contributed by atoms with van der Waals surface area (Å²) in [5, 5.41) is 7.26. The Hall–Kier alpha value is -0.530. The molecular weight excluding hydrogens is 152 g/mol. The molecule has 2 nitrogen and oxygen atoms in total. The third-order valence-electron chi connectivity index (χ3n) is 0.584. The first-order valence-electron chi connectivity index (χ1n) is 2.19. The minimum atomic E-state index is 0.656. The quantitative estimate of drug-likeness (QED) is 0.472. The van der Waals surface area contributed by atoms with Crippen LogP contribution in [0.25, 0.3) is 0 Å². The van der Waals surface area contributed by atoms with Crippen LogP contribution >= 0.6 is 23.1 Å². The van der Waals surface area contributed by atoms with Crippen molar-refractivity contribution >= 4 is 23.1 Å². The zero-order valence-electron chi connectivity index (χ0n) is 4.50. The average molecular weight is 155 g/mol. The van der Waals surface area contributed by atoms with Gasteiger partial charge in [-0.2, -0.15) is 0 Å². The fraction of sp³-hybridized carbons (Fsp3) is 0.200. The van der Waals surface area contributed by atoms with Gasteiger partial charge in [-0.15, -0.1) is 16.6 Å². The van der Waals surface area contributed by atoms with Crippen molar-refractivity contribution < 1.29 is 0 Å². The van der Waals surface area contributed by atoms with Crippen LogP contribution in [0.1, 0.15) is 0 Å². The Labute approximate surface area is 61.7 Å². The summed E-state index contributed by atoms with van der Waals surface area (Å²) < 4.78 is 0.882. The van der Waals surface area contributed by atoms with Crippen LogP contribution in [0.15, 0.2) is 4.34 Å². The highest BCUT2D eigenvalue weighted by Gasteiger charge is 1.93. The van der Waals surface area contributed by atoms with E-state index in [1.807, 2.05) is 0 Å². The average Bonchev–Trinajstić information content (AvgIpc) is 2.34. The molecule has 0 spiro atoms. The molecule has 1 aromatic heterocycles. The lowest BCUT2D eigenvalue weighted by Crippen LogP contribution is -1.71. The smallest absolute Gasteiger partial charge is 0.135 e. The molecule has 0 unspecified atom stereocenters. The highest BCUT2D eigenvalue weighted by Crippen LogP contribution is 2.16. The molecule has 1 radical (unpaired) electrons. The highest BCUT2D eigenvalue weighted by molar-refractivity contribution is 8.01. The fourth-order valence-corrected chi connectivity index (χ4v) is 1.37. The number of terminal acetylenes is 1. The van der Waals surface area contributed by atoms with E-state index in [2.05, 4.69) is 21.6 Å². The van der Waals surface area contributed by atoms with E-state index in [1.165, 1.54) is 23.1 Å². The summed E-state index contributed by atoms with van der Waals surface area (Å²) in [6.07, 6.45) is 5.02.